The van der Waals surface area contributed by atoms with Gasteiger partial charge in [-0.05, 0) is 62.9 Å². The first-order chi connectivity index (χ1) is 12.4. The number of carboxylic acid groups (broad SMARTS) is 1. The van der Waals surface area contributed by atoms with Crippen LogP contribution in [0.25, 0.3) is 0 Å². The van der Waals surface area contributed by atoms with Crippen molar-refractivity contribution in [3.05, 3.63) is 29.3 Å². The second-order valence-electron chi connectivity index (χ2n) is 8.08. The molecule has 2 aliphatic heterocycles. The lowest BCUT2D eigenvalue weighted by molar-refractivity contribution is -0.143. The highest BCUT2D eigenvalue weighted by Gasteiger charge is 2.32. The van der Waals surface area contributed by atoms with E-state index in [2.05, 4.69) is 30.0 Å². The van der Waals surface area contributed by atoms with Gasteiger partial charge in [-0.1, -0.05) is 26.0 Å². The maximum Gasteiger partial charge on any atom is 0.306 e. The van der Waals surface area contributed by atoms with Crippen LogP contribution in [-0.2, 0) is 22.4 Å². The van der Waals surface area contributed by atoms with Crippen LogP contribution in [0, 0.1) is 11.8 Å². The first-order valence-corrected chi connectivity index (χ1v) is 9.77. The van der Waals surface area contributed by atoms with Gasteiger partial charge in [0.25, 0.3) is 0 Å². The number of benzene rings is 1. The third kappa shape index (κ3) is 3.93. The molecule has 0 spiro atoms. The number of fused-ring (bicyclic) bond motifs is 1. The van der Waals surface area contributed by atoms with Crippen molar-refractivity contribution in [1.82, 2.24) is 4.90 Å². The number of amides is 1. The van der Waals surface area contributed by atoms with Gasteiger partial charge in [0, 0.05) is 24.2 Å². The fourth-order valence-electron chi connectivity index (χ4n) is 4.14. The van der Waals surface area contributed by atoms with Gasteiger partial charge in [-0.15, -0.1) is 0 Å². The smallest absolute Gasteiger partial charge is 0.306 e. The van der Waals surface area contributed by atoms with Gasteiger partial charge in [0.05, 0.1) is 5.92 Å². The van der Waals surface area contributed by atoms with Crippen molar-refractivity contribution in [3.8, 4) is 0 Å². The molecule has 0 saturated carbocycles. The molecular formula is C21H30N2O3. The fourth-order valence-corrected chi connectivity index (χ4v) is 4.14. The molecule has 0 radical (unpaired) electrons. The van der Waals surface area contributed by atoms with Gasteiger partial charge in [0.15, 0.2) is 0 Å². The summed E-state index contributed by atoms with van der Waals surface area (Å²) in [6.45, 7) is 8.73. The van der Waals surface area contributed by atoms with E-state index in [1.165, 1.54) is 11.1 Å². The summed E-state index contributed by atoms with van der Waals surface area (Å²) in [6, 6.07) is 6.72. The number of piperidine rings is 1. The Labute approximate surface area is 156 Å². The average Bonchev–Trinajstić information content (AvgIpc) is 2.94. The van der Waals surface area contributed by atoms with Gasteiger partial charge in [-0.2, -0.15) is 0 Å². The molecule has 142 valence electrons. The maximum atomic E-state index is 12.5. The lowest BCUT2D eigenvalue weighted by Crippen LogP contribution is -2.38. The van der Waals surface area contributed by atoms with Gasteiger partial charge in [-0.25, -0.2) is 0 Å². The van der Waals surface area contributed by atoms with E-state index in [4.69, 9.17) is 5.11 Å². The molecule has 1 atom stereocenters. The largest absolute Gasteiger partial charge is 0.481 e. The van der Waals surface area contributed by atoms with E-state index < -0.39 is 5.97 Å². The molecule has 0 aliphatic carbocycles. The zero-order valence-electron chi connectivity index (χ0n) is 16.1. The second-order valence-corrected chi connectivity index (χ2v) is 8.08. The Kier molecular flexibility index (Phi) is 5.66. The minimum absolute atomic E-state index is 0.0109. The molecule has 2 heterocycles. The maximum absolute atomic E-state index is 12.5. The Hall–Kier alpha value is -1.88. The second kappa shape index (κ2) is 7.78. The molecule has 2 aliphatic rings. The molecule has 5 heteroatoms. The number of carboxylic acids is 1. The lowest BCUT2D eigenvalue weighted by Gasteiger charge is -2.30. The van der Waals surface area contributed by atoms with Crippen molar-refractivity contribution in [2.24, 2.45) is 11.8 Å². The van der Waals surface area contributed by atoms with E-state index in [0.717, 1.165) is 51.0 Å². The van der Waals surface area contributed by atoms with Crippen molar-refractivity contribution >= 4 is 17.6 Å². The van der Waals surface area contributed by atoms with Crippen molar-refractivity contribution in [3.63, 3.8) is 0 Å². The predicted octanol–water partition coefficient (Wildman–Crippen LogP) is 2.96. The van der Waals surface area contributed by atoms with Crippen LogP contribution in [0.1, 0.15) is 44.7 Å². The highest BCUT2D eigenvalue weighted by Crippen LogP contribution is 2.34. The quantitative estimate of drug-likeness (QED) is 0.879. The van der Waals surface area contributed by atoms with Crippen LogP contribution in [0.3, 0.4) is 0 Å². The van der Waals surface area contributed by atoms with Gasteiger partial charge in [0.2, 0.25) is 5.91 Å². The first-order valence-electron chi connectivity index (χ1n) is 9.77. The summed E-state index contributed by atoms with van der Waals surface area (Å²) in [4.78, 5) is 27.9. The molecule has 5 nitrogen and oxygen atoms in total. The minimum atomic E-state index is -0.655. The predicted molar refractivity (Wildman–Crippen MR) is 102 cm³/mol. The van der Waals surface area contributed by atoms with Crippen molar-refractivity contribution < 1.29 is 14.7 Å². The van der Waals surface area contributed by atoms with E-state index in [1.807, 2.05) is 18.7 Å². The summed E-state index contributed by atoms with van der Waals surface area (Å²) < 4.78 is 0. The highest BCUT2D eigenvalue weighted by atomic mass is 16.4. The van der Waals surface area contributed by atoms with E-state index >= 15 is 0 Å². The third-order valence-corrected chi connectivity index (χ3v) is 5.74. The Morgan fingerprint density at radius 3 is 2.54 bits per heavy atom. The summed E-state index contributed by atoms with van der Waals surface area (Å²) >= 11 is 0. The first kappa shape index (κ1) is 18.9. The van der Waals surface area contributed by atoms with E-state index in [1.54, 1.807) is 0 Å². The molecule has 26 heavy (non-hydrogen) atoms. The number of rotatable bonds is 5. The number of hydrogen-bond donors (Lipinski definition) is 1. The summed E-state index contributed by atoms with van der Waals surface area (Å²) in [5, 5.41) is 9.09. The molecular weight excluding hydrogens is 328 g/mol. The fraction of sp³-hybridized carbons (Fsp3) is 0.619. The number of nitrogens with zero attached hydrogens (tertiary/aromatic N) is 2. The van der Waals surface area contributed by atoms with Crippen LogP contribution in [0.4, 0.5) is 5.69 Å². The topological polar surface area (TPSA) is 60.9 Å². The number of likely N-dealkylation sites (tertiary alicyclic amines) is 1. The van der Waals surface area contributed by atoms with Crippen molar-refractivity contribution in [2.45, 2.75) is 52.5 Å². The minimum Gasteiger partial charge on any atom is -0.481 e. The molecule has 3 rings (SSSR count). The van der Waals surface area contributed by atoms with Gasteiger partial charge >= 0.3 is 5.97 Å². The Morgan fingerprint density at radius 1 is 1.23 bits per heavy atom. The van der Waals surface area contributed by atoms with Crippen LogP contribution < -0.4 is 4.90 Å². The van der Waals surface area contributed by atoms with Gasteiger partial charge in [0.1, 0.15) is 0 Å². The van der Waals surface area contributed by atoms with E-state index in [9.17, 15) is 9.59 Å². The molecule has 1 fully saturated rings. The monoisotopic (exact) mass is 358 g/mol. The number of carbonyl (C=O) groups excluding carboxylic acids is 1. The Bertz CT molecular complexity index is 678. The Balaban J connectivity index is 1.60. The molecule has 0 aromatic heterocycles. The van der Waals surface area contributed by atoms with Crippen LogP contribution in [0.2, 0.25) is 0 Å². The molecule has 0 bridgehead atoms. The zero-order chi connectivity index (χ0) is 18.8. The number of aliphatic carboxylic acids is 1. The van der Waals surface area contributed by atoms with E-state index in [-0.39, 0.29) is 23.8 Å². The Morgan fingerprint density at radius 2 is 1.92 bits per heavy atom. The van der Waals surface area contributed by atoms with Crippen LogP contribution in [0.5, 0.6) is 0 Å². The summed E-state index contributed by atoms with van der Waals surface area (Å²) in [5.41, 5.74) is 3.64. The highest BCUT2D eigenvalue weighted by molar-refractivity contribution is 5.97. The zero-order valence-corrected chi connectivity index (χ0v) is 16.1. The third-order valence-electron chi connectivity index (χ3n) is 5.74. The van der Waals surface area contributed by atoms with Crippen LogP contribution in [-0.4, -0.2) is 47.6 Å². The number of carbonyl (C=O) groups is 2. The summed E-state index contributed by atoms with van der Waals surface area (Å²) in [6.07, 6.45) is 3.40. The molecule has 1 amide bonds. The van der Waals surface area contributed by atoms with Crippen molar-refractivity contribution in [2.75, 3.05) is 24.5 Å². The van der Waals surface area contributed by atoms with Gasteiger partial charge in [-0.3, -0.25) is 9.59 Å². The van der Waals surface area contributed by atoms with Crippen LogP contribution >= 0.6 is 0 Å². The van der Waals surface area contributed by atoms with Crippen molar-refractivity contribution in [1.29, 1.82) is 0 Å². The standard InChI is InChI=1S/C21H30N2O3/c1-14(2)20(24)23-15(3)12-18-13-16(4-5-19(18)23)6-9-22-10-7-17(8-11-22)21(25)26/h4-5,13-15,17H,6-12H2,1-3H3,(H,25,26). The lowest BCUT2D eigenvalue weighted by atomic mass is 9.96. The number of hydrogen-bond acceptors (Lipinski definition) is 3. The molecule has 1 saturated heterocycles. The molecule has 1 N–H and O–H groups in total. The van der Waals surface area contributed by atoms with Gasteiger partial charge < -0.3 is 14.9 Å². The summed E-state index contributed by atoms with van der Waals surface area (Å²) in [5.74, 6) is -0.614. The SMILES string of the molecule is CC(C)C(=O)N1c2ccc(CCN3CCC(C(=O)O)CC3)cc2CC1C. The summed E-state index contributed by atoms with van der Waals surface area (Å²) in [7, 11) is 0. The molecule has 1 unspecified atom stereocenters. The average molecular weight is 358 g/mol. The molecule has 1 aromatic rings. The normalized spacial score (nSPS) is 21.2. The van der Waals surface area contributed by atoms with Crippen LogP contribution in [0.15, 0.2) is 18.2 Å². The number of anilines is 1. The molecule has 1 aromatic carbocycles. The van der Waals surface area contributed by atoms with E-state index in [0.29, 0.717) is 0 Å².